The number of hydrogen-bond donors (Lipinski definition) is 1. The van der Waals surface area contributed by atoms with E-state index in [0.717, 1.165) is 43.5 Å². The average Bonchev–Trinajstić information content (AvgIpc) is 2.98. The van der Waals surface area contributed by atoms with Crippen molar-refractivity contribution < 1.29 is 19.2 Å². The van der Waals surface area contributed by atoms with Gasteiger partial charge in [-0.1, -0.05) is 0 Å². The molecule has 0 aliphatic carbocycles. The van der Waals surface area contributed by atoms with E-state index in [9.17, 15) is 19.2 Å². The molecule has 0 aromatic heterocycles. The van der Waals surface area contributed by atoms with Gasteiger partial charge in [-0.3, -0.25) is 19.7 Å². The van der Waals surface area contributed by atoms with Crippen molar-refractivity contribution >= 4 is 29.7 Å². The third kappa shape index (κ3) is 3.34. The highest BCUT2D eigenvalue weighted by molar-refractivity contribution is 6.05. The van der Waals surface area contributed by atoms with Gasteiger partial charge in [-0.15, -0.1) is 0 Å². The lowest BCUT2D eigenvalue weighted by atomic mass is 9.93. The van der Waals surface area contributed by atoms with Crippen LogP contribution in [0.5, 0.6) is 0 Å². The highest BCUT2D eigenvalue weighted by Crippen LogP contribution is 2.32. The maximum atomic E-state index is 12.7. The number of aldehydes is 1. The SMILES string of the molecule is O=CCC1CCN(c2ccc3c(c2)CN(C2CCC(=O)NC2=O)C3=O)CC1. The fourth-order valence-corrected chi connectivity index (χ4v) is 4.32. The number of hydrogen-bond acceptors (Lipinski definition) is 5. The van der Waals surface area contributed by atoms with Gasteiger partial charge in [-0.05, 0) is 48.9 Å². The van der Waals surface area contributed by atoms with Crippen LogP contribution < -0.4 is 10.2 Å². The Morgan fingerprint density at radius 3 is 2.59 bits per heavy atom. The number of benzene rings is 1. The van der Waals surface area contributed by atoms with E-state index in [1.54, 1.807) is 4.90 Å². The predicted octanol–water partition coefficient (Wildman–Crippen LogP) is 1.25. The molecule has 4 rings (SSSR count). The molecule has 0 saturated carbocycles. The molecule has 2 saturated heterocycles. The Morgan fingerprint density at radius 2 is 1.89 bits per heavy atom. The zero-order valence-corrected chi connectivity index (χ0v) is 15.1. The summed E-state index contributed by atoms with van der Waals surface area (Å²) in [4.78, 5) is 50.8. The van der Waals surface area contributed by atoms with Crippen molar-refractivity contribution in [3.63, 3.8) is 0 Å². The Labute approximate surface area is 157 Å². The highest BCUT2D eigenvalue weighted by Gasteiger charge is 2.39. The average molecular weight is 369 g/mol. The summed E-state index contributed by atoms with van der Waals surface area (Å²) in [7, 11) is 0. The van der Waals surface area contributed by atoms with E-state index in [1.807, 2.05) is 18.2 Å². The molecule has 3 aliphatic heterocycles. The van der Waals surface area contributed by atoms with Crippen LogP contribution in [-0.4, -0.2) is 48.0 Å². The summed E-state index contributed by atoms with van der Waals surface area (Å²) in [5.74, 6) is -0.334. The Kier molecular flexibility index (Phi) is 4.68. The monoisotopic (exact) mass is 369 g/mol. The van der Waals surface area contributed by atoms with Crippen molar-refractivity contribution in [2.75, 3.05) is 18.0 Å². The minimum absolute atomic E-state index is 0.143. The normalized spacial score (nSPS) is 23.4. The van der Waals surface area contributed by atoms with Gasteiger partial charge in [0.1, 0.15) is 12.3 Å². The fraction of sp³-hybridized carbons (Fsp3) is 0.500. The van der Waals surface area contributed by atoms with Crippen molar-refractivity contribution in [2.24, 2.45) is 5.92 Å². The van der Waals surface area contributed by atoms with Crippen LogP contribution in [0.1, 0.15) is 48.0 Å². The minimum Gasteiger partial charge on any atom is -0.372 e. The zero-order chi connectivity index (χ0) is 19.0. The molecule has 2 fully saturated rings. The molecule has 0 spiro atoms. The third-order valence-corrected chi connectivity index (χ3v) is 5.92. The summed E-state index contributed by atoms with van der Waals surface area (Å²) in [5.41, 5.74) is 2.65. The molecule has 1 N–H and O–H groups in total. The second-order valence-corrected chi connectivity index (χ2v) is 7.57. The molecule has 0 radical (unpaired) electrons. The lowest BCUT2D eigenvalue weighted by molar-refractivity contribution is -0.136. The van der Waals surface area contributed by atoms with E-state index in [0.29, 0.717) is 30.9 Å². The first-order valence-electron chi connectivity index (χ1n) is 9.53. The smallest absolute Gasteiger partial charge is 0.255 e. The van der Waals surface area contributed by atoms with Crippen molar-refractivity contribution in [3.05, 3.63) is 29.3 Å². The predicted molar refractivity (Wildman–Crippen MR) is 98.1 cm³/mol. The molecule has 1 atom stereocenters. The van der Waals surface area contributed by atoms with Crippen LogP contribution in [0.2, 0.25) is 0 Å². The van der Waals surface area contributed by atoms with Gasteiger partial charge in [0.25, 0.3) is 5.91 Å². The Morgan fingerprint density at radius 1 is 1.11 bits per heavy atom. The fourth-order valence-electron chi connectivity index (χ4n) is 4.32. The van der Waals surface area contributed by atoms with Gasteiger partial charge in [-0.2, -0.15) is 0 Å². The van der Waals surface area contributed by atoms with Crippen LogP contribution >= 0.6 is 0 Å². The number of amides is 3. The molecule has 3 heterocycles. The van der Waals surface area contributed by atoms with E-state index in [2.05, 4.69) is 10.2 Å². The van der Waals surface area contributed by atoms with Gasteiger partial charge in [0.2, 0.25) is 11.8 Å². The van der Waals surface area contributed by atoms with Gasteiger partial charge in [-0.25, -0.2) is 0 Å². The van der Waals surface area contributed by atoms with E-state index in [1.165, 1.54) is 0 Å². The number of anilines is 1. The summed E-state index contributed by atoms with van der Waals surface area (Å²) in [6.07, 6.45) is 4.27. The maximum Gasteiger partial charge on any atom is 0.255 e. The lowest BCUT2D eigenvalue weighted by Gasteiger charge is -2.33. The molecule has 1 unspecified atom stereocenters. The second kappa shape index (κ2) is 7.13. The van der Waals surface area contributed by atoms with Gasteiger partial charge >= 0.3 is 0 Å². The molecule has 1 aromatic carbocycles. The quantitative estimate of drug-likeness (QED) is 0.638. The zero-order valence-electron chi connectivity index (χ0n) is 15.1. The molecule has 0 bridgehead atoms. The van der Waals surface area contributed by atoms with Crippen LogP contribution in [0.4, 0.5) is 5.69 Å². The van der Waals surface area contributed by atoms with E-state index in [4.69, 9.17) is 0 Å². The Bertz CT molecular complexity index is 798. The van der Waals surface area contributed by atoms with E-state index < -0.39 is 6.04 Å². The topological polar surface area (TPSA) is 86.8 Å². The maximum absolute atomic E-state index is 12.7. The number of imide groups is 1. The Balaban J connectivity index is 1.47. The first-order chi connectivity index (χ1) is 13.1. The summed E-state index contributed by atoms with van der Waals surface area (Å²) >= 11 is 0. The molecule has 142 valence electrons. The molecular weight excluding hydrogens is 346 g/mol. The number of carbonyl (C=O) groups is 4. The number of piperidine rings is 2. The van der Waals surface area contributed by atoms with Crippen molar-refractivity contribution in [1.29, 1.82) is 0 Å². The molecule has 3 amide bonds. The lowest BCUT2D eigenvalue weighted by Crippen LogP contribution is -2.52. The molecule has 7 nitrogen and oxygen atoms in total. The van der Waals surface area contributed by atoms with E-state index in [-0.39, 0.29) is 24.1 Å². The number of fused-ring (bicyclic) bond motifs is 1. The van der Waals surface area contributed by atoms with E-state index >= 15 is 0 Å². The van der Waals surface area contributed by atoms with Gasteiger partial charge in [0, 0.05) is 43.7 Å². The second-order valence-electron chi connectivity index (χ2n) is 7.57. The van der Waals surface area contributed by atoms with Crippen molar-refractivity contribution in [1.82, 2.24) is 10.2 Å². The molecule has 3 aliphatic rings. The first kappa shape index (κ1) is 17.7. The standard InChI is InChI=1S/C20H23N3O4/c24-10-7-13-5-8-22(9-6-13)15-1-2-16-14(11-15)12-23(20(16)27)17-3-4-18(25)21-19(17)26/h1-2,10-11,13,17H,3-9,12H2,(H,21,25,26). The number of carbonyl (C=O) groups excluding carboxylic acids is 4. The van der Waals surface area contributed by atoms with Crippen LogP contribution in [-0.2, 0) is 20.9 Å². The van der Waals surface area contributed by atoms with Crippen LogP contribution in [0.3, 0.4) is 0 Å². The summed E-state index contributed by atoms with van der Waals surface area (Å²) in [5, 5.41) is 2.33. The number of rotatable bonds is 4. The van der Waals surface area contributed by atoms with Gasteiger partial charge in [0.05, 0.1) is 0 Å². The molecule has 1 aromatic rings. The molecular formula is C20H23N3O4. The Hall–Kier alpha value is -2.70. The van der Waals surface area contributed by atoms with Crippen molar-refractivity contribution in [2.45, 2.75) is 44.7 Å². The minimum atomic E-state index is -0.579. The largest absolute Gasteiger partial charge is 0.372 e. The number of nitrogens with zero attached hydrogens (tertiary/aromatic N) is 2. The molecule has 27 heavy (non-hydrogen) atoms. The van der Waals surface area contributed by atoms with Gasteiger partial charge in [0.15, 0.2) is 0 Å². The van der Waals surface area contributed by atoms with Crippen LogP contribution in [0, 0.1) is 5.92 Å². The summed E-state index contributed by atoms with van der Waals surface area (Å²) in [6.45, 7) is 2.21. The first-order valence-corrected chi connectivity index (χ1v) is 9.53. The number of nitrogens with one attached hydrogen (secondary N) is 1. The van der Waals surface area contributed by atoms with Crippen molar-refractivity contribution in [3.8, 4) is 0 Å². The van der Waals surface area contributed by atoms with Gasteiger partial charge < -0.3 is 14.6 Å². The summed E-state index contributed by atoms with van der Waals surface area (Å²) in [6, 6.07) is 5.27. The van der Waals surface area contributed by atoms with Crippen LogP contribution in [0.25, 0.3) is 0 Å². The molecule has 7 heteroatoms. The summed E-state index contributed by atoms with van der Waals surface area (Å²) < 4.78 is 0. The van der Waals surface area contributed by atoms with Crippen LogP contribution in [0.15, 0.2) is 18.2 Å². The third-order valence-electron chi connectivity index (χ3n) is 5.92. The highest BCUT2D eigenvalue weighted by atomic mass is 16.2.